The molecule has 0 radical (unpaired) electrons. The number of aromatic nitrogens is 2. The Labute approximate surface area is 154 Å². The summed E-state index contributed by atoms with van der Waals surface area (Å²) in [5.41, 5.74) is 8.10. The minimum Gasteiger partial charge on any atom is -0.497 e. The second-order valence-electron chi connectivity index (χ2n) is 5.77. The van der Waals surface area contributed by atoms with Crippen LogP contribution in [0.1, 0.15) is 12.8 Å². The van der Waals surface area contributed by atoms with Gasteiger partial charge in [0.15, 0.2) is 10.9 Å². The average molecular weight is 371 g/mol. The van der Waals surface area contributed by atoms with Crippen LogP contribution >= 0.6 is 23.6 Å². The molecule has 25 heavy (non-hydrogen) atoms. The van der Waals surface area contributed by atoms with Crippen LogP contribution in [0.3, 0.4) is 0 Å². The molecule has 0 saturated heterocycles. The molecule has 6 nitrogen and oxygen atoms in total. The second-order valence-corrected chi connectivity index (χ2v) is 7.23. The van der Waals surface area contributed by atoms with E-state index in [0.717, 1.165) is 32.2 Å². The van der Waals surface area contributed by atoms with Crippen molar-refractivity contribution in [2.24, 2.45) is 0 Å². The zero-order valence-electron chi connectivity index (χ0n) is 13.6. The molecule has 1 aliphatic carbocycles. The topological polar surface area (TPSA) is 71.1 Å². The van der Waals surface area contributed by atoms with E-state index in [1.807, 2.05) is 24.3 Å². The van der Waals surface area contributed by atoms with Gasteiger partial charge in [0.25, 0.3) is 0 Å². The molecule has 3 N–H and O–H groups in total. The highest BCUT2D eigenvalue weighted by Crippen LogP contribution is 2.35. The summed E-state index contributed by atoms with van der Waals surface area (Å²) in [6, 6.07) is 10.6. The lowest BCUT2D eigenvalue weighted by atomic mass is 10.2. The number of rotatable bonds is 5. The van der Waals surface area contributed by atoms with E-state index in [2.05, 4.69) is 32.2 Å². The first-order chi connectivity index (χ1) is 12.2. The van der Waals surface area contributed by atoms with E-state index < -0.39 is 0 Å². The summed E-state index contributed by atoms with van der Waals surface area (Å²) in [4.78, 5) is 9.82. The Morgan fingerprint density at radius 2 is 2.04 bits per heavy atom. The fraction of sp³-hybridized carbons (Fsp3) is 0.235. The van der Waals surface area contributed by atoms with Crippen molar-refractivity contribution in [2.45, 2.75) is 18.9 Å². The number of hydrogen-bond acceptors (Lipinski definition) is 6. The molecule has 1 fully saturated rings. The molecule has 2 heterocycles. The van der Waals surface area contributed by atoms with Gasteiger partial charge in [-0.05, 0) is 61.0 Å². The van der Waals surface area contributed by atoms with Crippen molar-refractivity contribution in [3.63, 3.8) is 0 Å². The third kappa shape index (κ3) is 3.64. The fourth-order valence-corrected chi connectivity index (χ4v) is 3.68. The molecular formula is C17H17N5OS2. The molecule has 0 spiro atoms. The number of hydrazine groups is 1. The number of hydrogen-bond donors (Lipinski definition) is 3. The molecule has 0 unspecified atom stereocenters. The second kappa shape index (κ2) is 6.81. The summed E-state index contributed by atoms with van der Waals surface area (Å²) < 4.78 is 6.20. The van der Waals surface area contributed by atoms with Gasteiger partial charge >= 0.3 is 0 Å². The highest BCUT2D eigenvalue weighted by Gasteiger charge is 2.21. The highest BCUT2D eigenvalue weighted by molar-refractivity contribution is 7.80. The van der Waals surface area contributed by atoms with Crippen molar-refractivity contribution < 1.29 is 4.74 Å². The standard InChI is InChI=1S/C17H17N5OS2/c1-23-12-6-2-10(3-7-12)14-8-13-15(25-14)16(19-9-18-13)21-22-17(24)20-11-4-5-11/h2-3,6-9,11H,4-5H2,1H3,(H,18,19,21)(H2,20,22,24). The molecular weight excluding hydrogens is 354 g/mol. The van der Waals surface area contributed by atoms with Gasteiger partial charge in [0.2, 0.25) is 0 Å². The predicted octanol–water partition coefficient (Wildman–Crippen LogP) is 3.32. The minimum absolute atomic E-state index is 0.510. The maximum Gasteiger partial charge on any atom is 0.185 e. The third-order valence-electron chi connectivity index (χ3n) is 3.89. The van der Waals surface area contributed by atoms with Crippen LogP contribution in [0.15, 0.2) is 36.7 Å². The summed E-state index contributed by atoms with van der Waals surface area (Å²) in [6.07, 6.45) is 3.90. The van der Waals surface area contributed by atoms with Gasteiger partial charge in [-0.1, -0.05) is 0 Å². The van der Waals surface area contributed by atoms with Crippen LogP contribution in [-0.4, -0.2) is 28.2 Å². The van der Waals surface area contributed by atoms with Crippen molar-refractivity contribution in [3.05, 3.63) is 36.7 Å². The molecule has 1 saturated carbocycles. The average Bonchev–Trinajstić information content (AvgIpc) is 3.34. The molecule has 0 amide bonds. The monoisotopic (exact) mass is 371 g/mol. The molecule has 8 heteroatoms. The van der Waals surface area contributed by atoms with Gasteiger partial charge < -0.3 is 10.1 Å². The molecule has 2 aromatic heterocycles. The van der Waals surface area contributed by atoms with E-state index in [0.29, 0.717) is 11.2 Å². The van der Waals surface area contributed by atoms with E-state index in [-0.39, 0.29) is 0 Å². The Hall–Kier alpha value is -2.45. The first-order valence-electron chi connectivity index (χ1n) is 7.94. The lowest BCUT2D eigenvalue weighted by Gasteiger charge is -2.11. The highest BCUT2D eigenvalue weighted by atomic mass is 32.1. The van der Waals surface area contributed by atoms with Crippen LogP contribution in [0.5, 0.6) is 5.75 Å². The van der Waals surface area contributed by atoms with Crippen LogP contribution < -0.4 is 20.9 Å². The minimum atomic E-state index is 0.510. The third-order valence-corrected chi connectivity index (χ3v) is 5.29. The zero-order chi connectivity index (χ0) is 17.2. The van der Waals surface area contributed by atoms with E-state index in [9.17, 15) is 0 Å². The normalized spacial score (nSPS) is 13.5. The van der Waals surface area contributed by atoms with Gasteiger partial charge in [-0.15, -0.1) is 11.3 Å². The number of fused-ring (bicyclic) bond motifs is 1. The number of ether oxygens (including phenoxy) is 1. The lowest BCUT2D eigenvalue weighted by Crippen LogP contribution is -2.40. The van der Waals surface area contributed by atoms with E-state index >= 15 is 0 Å². The van der Waals surface area contributed by atoms with E-state index in [1.165, 1.54) is 12.8 Å². The molecule has 128 valence electrons. The summed E-state index contributed by atoms with van der Waals surface area (Å²) in [5.74, 6) is 1.56. The van der Waals surface area contributed by atoms with Gasteiger partial charge in [-0.3, -0.25) is 10.9 Å². The Kier molecular flexibility index (Phi) is 4.37. The van der Waals surface area contributed by atoms with Crippen LogP contribution in [0.25, 0.3) is 20.7 Å². The summed E-state index contributed by atoms with van der Waals surface area (Å²) in [6.45, 7) is 0. The zero-order valence-corrected chi connectivity index (χ0v) is 15.2. The molecule has 0 bridgehead atoms. The number of nitrogens with zero attached hydrogens (tertiary/aromatic N) is 2. The SMILES string of the molecule is COc1ccc(-c2cc3ncnc(NNC(=S)NC4CC4)c3s2)cc1. The largest absolute Gasteiger partial charge is 0.497 e. The van der Waals surface area contributed by atoms with Crippen LogP contribution in [0, 0.1) is 0 Å². The van der Waals surface area contributed by atoms with Gasteiger partial charge in [0.05, 0.1) is 17.3 Å². The van der Waals surface area contributed by atoms with Crippen LogP contribution in [0.2, 0.25) is 0 Å². The molecule has 0 aliphatic heterocycles. The Balaban J connectivity index is 1.55. The van der Waals surface area contributed by atoms with Crippen LogP contribution in [-0.2, 0) is 0 Å². The van der Waals surface area contributed by atoms with Crippen molar-refractivity contribution in [3.8, 4) is 16.2 Å². The smallest absolute Gasteiger partial charge is 0.185 e. The number of thiocarbonyl (C=S) groups is 1. The number of methoxy groups -OCH3 is 1. The maximum atomic E-state index is 5.26. The van der Waals surface area contributed by atoms with Gasteiger partial charge in [0, 0.05) is 10.9 Å². The first-order valence-corrected chi connectivity index (χ1v) is 9.17. The molecule has 4 rings (SSSR count). The number of benzene rings is 1. The van der Waals surface area contributed by atoms with Crippen LogP contribution in [0.4, 0.5) is 5.82 Å². The van der Waals surface area contributed by atoms with E-state index in [1.54, 1.807) is 24.8 Å². The van der Waals surface area contributed by atoms with Crippen molar-refractivity contribution in [1.82, 2.24) is 20.7 Å². The van der Waals surface area contributed by atoms with Crippen molar-refractivity contribution in [1.29, 1.82) is 0 Å². The molecule has 1 aromatic carbocycles. The number of thiophene rings is 1. The lowest BCUT2D eigenvalue weighted by molar-refractivity contribution is 0.415. The van der Waals surface area contributed by atoms with E-state index in [4.69, 9.17) is 17.0 Å². The number of anilines is 1. The summed E-state index contributed by atoms with van der Waals surface area (Å²) in [7, 11) is 1.66. The predicted molar refractivity (Wildman–Crippen MR) is 105 cm³/mol. The Morgan fingerprint density at radius 1 is 1.24 bits per heavy atom. The van der Waals surface area contributed by atoms with Crippen molar-refractivity contribution in [2.75, 3.05) is 12.5 Å². The maximum absolute atomic E-state index is 5.26. The summed E-state index contributed by atoms with van der Waals surface area (Å²) >= 11 is 6.90. The molecule has 3 aromatic rings. The Morgan fingerprint density at radius 3 is 2.76 bits per heavy atom. The summed E-state index contributed by atoms with van der Waals surface area (Å²) in [5, 5.41) is 3.80. The molecule has 0 atom stereocenters. The number of nitrogens with one attached hydrogen (secondary N) is 3. The van der Waals surface area contributed by atoms with Gasteiger partial charge in [-0.25, -0.2) is 9.97 Å². The van der Waals surface area contributed by atoms with Crippen molar-refractivity contribution >= 4 is 44.7 Å². The Bertz CT molecular complexity index is 905. The molecule has 1 aliphatic rings. The van der Waals surface area contributed by atoms with Gasteiger partial charge in [0.1, 0.15) is 12.1 Å². The first kappa shape index (κ1) is 16.0. The fourth-order valence-electron chi connectivity index (χ4n) is 2.41. The van der Waals surface area contributed by atoms with Gasteiger partial charge in [-0.2, -0.15) is 0 Å². The quantitative estimate of drug-likeness (QED) is 0.469.